The standard InChI is InChI=1S/C13H17ClOS/c1-10(2)7-8-11(15)9-16-13-6-4-3-5-12(13)14/h3-6,10H,7-9H2,1-2H3. The zero-order chi connectivity index (χ0) is 12.0. The van der Waals surface area contributed by atoms with Gasteiger partial charge in [0.25, 0.3) is 0 Å². The molecule has 1 rings (SSSR count). The van der Waals surface area contributed by atoms with Crippen molar-refractivity contribution in [2.24, 2.45) is 5.92 Å². The maximum absolute atomic E-state index is 11.6. The molecule has 0 aliphatic carbocycles. The fraction of sp³-hybridized carbons (Fsp3) is 0.462. The van der Waals surface area contributed by atoms with Crippen molar-refractivity contribution in [2.75, 3.05) is 5.75 Å². The first-order valence-corrected chi connectivity index (χ1v) is 6.85. The molecule has 0 aliphatic rings. The molecule has 0 aliphatic heterocycles. The van der Waals surface area contributed by atoms with E-state index in [-0.39, 0.29) is 0 Å². The Balaban J connectivity index is 2.35. The van der Waals surface area contributed by atoms with Gasteiger partial charge in [-0.3, -0.25) is 4.79 Å². The Labute approximate surface area is 107 Å². The van der Waals surface area contributed by atoms with Gasteiger partial charge in [-0.25, -0.2) is 0 Å². The zero-order valence-electron chi connectivity index (χ0n) is 9.70. The van der Waals surface area contributed by atoms with Crippen LogP contribution in [-0.2, 0) is 4.79 Å². The average molecular weight is 257 g/mol. The Morgan fingerprint density at radius 1 is 1.38 bits per heavy atom. The number of thioether (sulfide) groups is 1. The van der Waals surface area contributed by atoms with Gasteiger partial charge in [0, 0.05) is 11.3 Å². The van der Waals surface area contributed by atoms with E-state index in [4.69, 9.17) is 11.6 Å². The van der Waals surface area contributed by atoms with Crippen LogP contribution in [0.2, 0.25) is 5.02 Å². The SMILES string of the molecule is CC(C)CCC(=O)CSc1ccccc1Cl. The van der Waals surface area contributed by atoms with Crippen molar-refractivity contribution in [1.82, 2.24) is 0 Å². The lowest BCUT2D eigenvalue weighted by Gasteiger charge is -2.05. The molecule has 1 aromatic rings. The number of benzene rings is 1. The van der Waals surface area contributed by atoms with Crippen LogP contribution in [0.15, 0.2) is 29.2 Å². The van der Waals surface area contributed by atoms with Crippen LogP contribution in [0.3, 0.4) is 0 Å². The lowest BCUT2D eigenvalue weighted by Crippen LogP contribution is -2.03. The fourth-order valence-corrected chi connectivity index (χ4v) is 2.38. The molecule has 0 saturated carbocycles. The molecule has 0 N–H and O–H groups in total. The molecule has 0 aromatic heterocycles. The summed E-state index contributed by atoms with van der Waals surface area (Å²) in [6, 6.07) is 7.63. The monoisotopic (exact) mass is 256 g/mol. The fourth-order valence-electron chi connectivity index (χ4n) is 1.24. The van der Waals surface area contributed by atoms with E-state index in [0.29, 0.717) is 23.9 Å². The highest BCUT2D eigenvalue weighted by atomic mass is 35.5. The molecule has 0 amide bonds. The van der Waals surface area contributed by atoms with Crippen LogP contribution in [0.25, 0.3) is 0 Å². The predicted molar refractivity (Wildman–Crippen MR) is 71.3 cm³/mol. The van der Waals surface area contributed by atoms with Gasteiger partial charge in [0.2, 0.25) is 0 Å². The summed E-state index contributed by atoms with van der Waals surface area (Å²) in [6.07, 6.45) is 1.65. The summed E-state index contributed by atoms with van der Waals surface area (Å²) in [5.41, 5.74) is 0. The maximum atomic E-state index is 11.6. The van der Waals surface area contributed by atoms with E-state index in [9.17, 15) is 4.79 Å². The molecule has 0 atom stereocenters. The van der Waals surface area contributed by atoms with Crippen LogP contribution in [0.4, 0.5) is 0 Å². The molecule has 0 saturated heterocycles. The number of halogens is 1. The van der Waals surface area contributed by atoms with Crippen LogP contribution in [-0.4, -0.2) is 11.5 Å². The molecule has 0 heterocycles. The van der Waals surface area contributed by atoms with Crippen LogP contribution in [0, 0.1) is 5.92 Å². The number of ketones is 1. The van der Waals surface area contributed by atoms with Crippen molar-refractivity contribution in [3.8, 4) is 0 Å². The summed E-state index contributed by atoms with van der Waals surface area (Å²) < 4.78 is 0. The van der Waals surface area contributed by atoms with E-state index in [1.165, 1.54) is 11.8 Å². The van der Waals surface area contributed by atoms with Gasteiger partial charge in [0.05, 0.1) is 10.8 Å². The van der Waals surface area contributed by atoms with Gasteiger partial charge in [-0.1, -0.05) is 37.6 Å². The van der Waals surface area contributed by atoms with Crippen molar-refractivity contribution in [1.29, 1.82) is 0 Å². The number of carbonyl (C=O) groups is 1. The second kappa shape index (κ2) is 6.97. The zero-order valence-corrected chi connectivity index (χ0v) is 11.3. The third-order valence-corrected chi connectivity index (χ3v) is 3.80. The van der Waals surface area contributed by atoms with E-state index < -0.39 is 0 Å². The predicted octanol–water partition coefficient (Wildman–Crippen LogP) is 4.44. The van der Waals surface area contributed by atoms with Gasteiger partial charge in [-0.05, 0) is 24.5 Å². The Bertz CT molecular complexity index is 350. The maximum Gasteiger partial charge on any atom is 0.143 e. The van der Waals surface area contributed by atoms with Crippen molar-refractivity contribution in [3.63, 3.8) is 0 Å². The number of rotatable bonds is 6. The quantitative estimate of drug-likeness (QED) is 0.700. The molecular formula is C13H17ClOS. The first kappa shape index (κ1) is 13.6. The van der Waals surface area contributed by atoms with Crippen molar-refractivity contribution in [2.45, 2.75) is 31.6 Å². The highest BCUT2D eigenvalue weighted by molar-refractivity contribution is 8.00. The third-order valence-electron chi connectivity index (χ3n) is 2.23. The van der Waals surface area contributed by atoms with Gasteiger partial charge in [0.1, 0.15) is 5.78 Å². The normalized spacial score (nSPS) is 10.8. The smallest absolute Gasteiger partial charge is 0.143 e. The molecule has 1 nitrogen and oxygen atoms in total. The highest BCUT2D eigenvalue weighted by Crippen LogP contribution is 2.26. The van der Waals surface area contributed by atoms with Crippen molar-refractivity contribution < 1.29 is 4.79 Å². The number of hydrogen-bond acceptors (Lipinski definition) is 2. The van der Waals surface area contributed by atoms with E-state index >= 15 is 0 Å². The molecule has 0 bridgehead atoms. The average Bonchev–Trinajstić information content (AvgIpc) is 2.25. The molecule has 0 unspecified atom stereocenters. The van der Waals surface area contributed by atoms with E-state index in [1.54, 1.807) is 0 Å². The first-order chi connectivity index (χ1) is 7.59. The second-order valence-corrected chi connectivity index (χ2v) is 5.61. The minimum Gasteiger partial charge on any atom is -0.299 e. The Morgan fingerprint density at radius 3 is 2.69 bits per heavy atom. The minimum absolute atomic E-state index is 0.304. The first-order valence-electron chi connectivity index (χ1n) is 5.48. The van der Waals surface area contributed by atoms with Crippen LogP contribution in [0.5, 0.6) is 0 Å². The van der Waals surface area contributed by atoms with Gasteiger partial charge in [-0.2, -0.15) is 0 Å². The summed E-state index contributed by atoms with van der Waals surface area (Å²) in [4.78, 5) is 12.6. The van der Waals surface area contributed by atoms with Gasteiger partial charge in [0.15, 0.2) is 0 Å². The lowest BCUT2D eigenvalue weighted by molar-refractivity contribution is -0.116. The molecule has 1 aromatic carbocycles. The Morgan fingerprint density at radius 2 is 2.06 bits per heavy atom. The van der Waals surface area contributed by atoms with E-state index in [1.807, 2.05) is 24.3 Å². The van der Waals surface area contributed by atoms with Crippen molar-refractivity contribution in [3.05, 3.63) is 29.3 Å². The third kappa shape index (κ3) is 5.04. The topological polar surface area (TPSA) is 17.1 Å². The number of hydrogen-bond donors (Lipinski definition) is 0. The van der Waals surface area contributed by atoms with Crippen LogP contribution >= 0.6 is 23.4 Å². The molecular weight excluding hydrogens is 240 g/mol. The Kier molecular flexibility index (Phi) is 5.93. The van der Waals surface area contributed by atoms with E-state index in [0.717, 1.165) is 16.3 Å². The van der Waals surface area contributed by atoms with Crippen LogP contribution < -0.4 is 0 Å². The molecule has 0 spiro atoms. The van der Waals surface area contributed by atoms with Gasteiger partial charge >= 0.3 is 0 Å². The molecule has 0 radical (unpaired) electrons. The van der Waals surface area contributed by atoms with E-state index in [2.05, 4.69) is 13.8 Å². The second-order valence-electron chi connectivity index (χ2n) is 4.19. The summed E-state index contributed by atoms with van der Waals surface area (Å²) >= 11 is 7.53. The van der Waals surface area contributed by atoms with Crippen LogP contribution in [0.1, 0.15) is 26.7 Å². The summed E-state index contributed by atoms with van der Waals surface area (Å²) in [7, 11) is 0. The summed E-state index contributed by atoms with van der Waals surface area (Å²) in [5, 5.41) is 0.726. The molecule has 16 heavy (non-hydrogen) atoms. The number of Topliss-reactive ketones (excluding diaryl/α,β-unsaturated/α-hetero) is 1. The molecule has 88 valence electrons. The Hall–Kier alpha value is -0.470. The largest absolute Gasteiger partial charge is 0.299 e. The van der Waals surface area contributed by atoms with Gasteiger partial charge < -0.3 is 0 Å². The van der Waals surface area contributed by atoms with Gasteiger partial charge in [-0.15, -0.1) is 11.8 Å². The highest BCUT2D eigenvalue weighted by Gasteiger charge is 2.06. The molecule has 0 fully saturated rings. The summed E-state index contributed by atoms with van der Waals surface area (Å²) in [6.45, 7) is 4.27. The van der Waals surface area contributed by atoms with Crippen molar-refractivity contribution >= 4 is 29.1 Å². The molecule has 3 heteroatoms. The summed E-state index contributed by atoms with van der Waals surface area (Å²) in [5.74, 6) is 1.42. The number of carbonyl (C=O) groups excluding carboxylic acids is 1. The minimum atomic E-state index is 0.304. The lowest BCUT2D eigenvalue weighted by atomic mass is 10.1.